The van der Waals surface area contributed by atoms with Crippen LogP contribution in [0.3, 0.4) is 0 Å². The second-order valence-electron chi connectivity index (χ2n) is 5.89. The second-order valence-corrected chi connectivity index (χ2v) is 8.12. The molecule has 1 aliphatic rings. The number of carbonyl (C=O) groups excluding carboxylic acids is 1. The Morgan fingerprint density at radius 3 is 2.78 bits per heavy atom. The molecule has 0 saturated carbocycles. The Morgan fingerprint density at radius 1 is 1.39 bits per heavy atom. The molecule has 0 aliphatic carbocycles. The van der Waals surface area contributed by atoms with E-state index < -0.39 is 9.84 Å². The lowest BCUT2D eigenvalue weighted by Gasteiger charge is -2.27. The predicted molar refractivity (Wildman–Crippen MR) is 91.4 cm³/mol. The van der Waals surface area contributed by atoms with Crippen molar-refractivity contribution in [3.8, 4) is 0 Å². The molecular formula is C16H25N3O3S. The molecule has 1 aromatic heterocycles. The van der Waals surface area contributed by atoms with Gasteiger partial charge >= 0.3 is 0 Å². The van der Waals surface area contributed by atoms with Gasteiger partial charge in [-0.15, -0.1) is 0 Å². The first-order valence-corrected chi connectivity index (χ1v) is 9.99. The summed E-state index contributed by atoms with van der Waals surface area (Å²) in [6, 6.07) is 1.56. The fourth-order valence-electron chi connectivity index (χ4n) is 2.82. The number of anilines is 1. The largest absolute Gasteiger partial charge is 0.384 e. The quantitative estimate of drug-likeness (QED) is 0.768. The van der Waals surface area contributed by atoms with E-state index >= 15 is 0 Å². The van der Waals surface area contributed by atoms with E-state index in [9.17, 15) is 13.2 Å². The maximum atomic E-state index is 12.7. The van der Waals surface area contributed by atoms with Gasteiger partial charge in [-0.1, -0.05) is 13.3 Å². The third kappa shape index (κ3) is 4.67. The summed E-state index contributed by atoms with van der Waals surface area (Å²) in [7, 11) is -3.01. The zero-order valence-corrected chi connectivity index (χ0v) is 14.6. The van der Waals surface area contributed by atoms with Crippen LogP contribution in [-0.4, -0.2) is 54.8 Å². The molecule has 0 radical (unpaired) electrons. The van der Waals surface area contributed by atoms with Gasteiger partial charge in [0, 0.05) is 31.5 Å². The van der Waals surface area contributed by atoms with Crippen LogP contribution < -0.4 is 5.32 Å². The van der Waals surface area contributed by atoms with Crippen LogP contribution in [0.5, 0.6) is 0 Å². The zero-order chi connectivity index (χ0) is 16.9. The Bertz CT molecular complexity index is 646. The lowest BCUT2D eigenvalue weighted by atomic mass is 10.1. The maximum Gasteiger partial charge on any atom is 0.255 e. The molecule has 1 saturated heterocycles. The van der Waals surface area contributed by atoms with E-state index in [2.05, 4.69) is 17.2 Å². The van der Waals surface area contributed by atoms with Crippen molar-refractivity contribution in [2.24, 2.45) is 0 Å². The number of pyridine rings is 1. The molecule has 1 aliphatic heterocycles. The van der Waals surface area contributed by atoms with Gasteiger partial charge in [-0.25, -0.2) is 8.42 Å². The first-order chi connectivity index (χ1) is 11.0. The average molecular weight is 339 g/mol. The highest BCUT2D eigenvalue weighted by atomic mass is 32.2. The van der Waals surface area contributed by atoms with Gasteiger partial charge in [-0.05, 0) is 25.8 Å². The van der Waals surface area contributed by atoms with Crippen LogP contribution >= 0.6 is 0 Å². The molecule has 128 valence electrons. The van der Waals surface area contributed by atoms with Crippen molar-refractivity contribution < 1.29 is 13.2 Å². The number of unbranched alkanes of at least 4 members (excludes halogenated alkanes) is 1. The summed E-state index contributed by atoms with van der Waals surface area (Å²) in [5.74, 6) is 0.0773. The highest BCUT2D eigenvalue weighted by Gasteiger charge is 2.34. The van der Waals surface area contributed by atoms with Crippen molar-refractivity contribution in [1.29, 1.82) is 0 Å². The highest BCUT2D eigenvalue weighted by Crippen LogP contribution is 2.20. The topological polar surface area (TPSA) is 79.4 Å². The normalized spacial score (nSPS) is 19.5. The Labute approximate surface area is 138 Å². The number of nitrogens with zero attached hydrogens (tertiary/aromatic N) is 2. The first-order valence-electron chi connectivity index (χ1n) is 8.17. The SMILES string of the molecule is CCCCNc1cncc(C(=O)N(CC)C2CCS(=O)(=O)C2)c1. The summed E-state index contributed by atoms with van der Waals surface area (Å²) in [6.45, 7) is 5.33. The molecule has 1 aromatic rings. The van der Waals surface area contributed by atoms with Gasteiger partial charge in [0.25, 0.3) is 5.91 Å². The van der Waals surface area contributed by atoms with Crippen LogP contribution in [0.4, 0.5) is 5.69 Å². The van der Waals surface area contributed by atoms with Crippen LogP contribution in [0, 0.1) is 0 Å². The number of carbonyl (C=O) groups is 1. The maximum absolute atomic E-state index is 12.7. The van der Waals surface area contributed by atoms with Crippen molar-refractivity contribution in [2.75, 3.05) is 29.9 Å². The summed E-state index contributed by atoms with van der Waals surface area (Å²) in [5, 5.41) is 3.25. The number of hydrogen-bond donors (Lipinski definition) is 1. The standard InChI is InChI=1S/C16H25N3O3S/c1-3-5-7-18-14-9-13(10-17-11-14)16(20)19(4-2)15-6-8-23(21,22)12-15/h9-11,15,18H,3-8,12H2,1-2H3. The fourth-order valence-corrected chi connectivity index (χ4v) is 4.55. The molecule has 1 amide bonds. The molecule has 23 heavy (non-hydrogen) atoms. The van der Waals surface area contributed by atoms with Gasteiger partial charge in [0.1, 0.15) is 0 Å². The lowest BCUT2D eigenvalue weighted by Crippen LogP contribution is -2.41. The number of hydrogen-bond acceptors (Lipinski definition) is 5. The van der Waals surface area contributed by atoms with Crippen LogP contribution in [-0.2, 0) is 9.84 Å². The molecule has 0 spiro atoms. The Kier molecular flexibility index (Phi) is 5.98. The van der Waals surface area contributed by atoms with Gasteiger partial charge < -0.3 is 10.2 Å². The lowest BCUT2D eigenvalue weighted by molar-refractivity contribution is 0.0708. The molecule has 7 heteroatoms. The Morgan fingerprint density at radius 2 is 2.17 bits per heavy atom. The summed E-state index contributed by atoms with van der Waals surface area (Å²) < 4.78 is 23.3. The van der Waals surface area contributed by atoms with Gasteiger partial charge in [0.15, 0.2) is 9.84 Å². The van der Waals surface area contributed by atoms with Crippen LogP contribution in [0.2, 0.25) is 0 Å². The summed E-state index contributed by atoms with van der Waals surface area (Å²) in [6.07, 6.45) is 5.91. The summed E-state index contributed by atoms with van der Waals surface area (Å²) in [5.41, 5.74) is 1.32. The number of sulfone groups is 1. The van der Waals surface area contributed by atoms with E-state index in [1.54, 1.807) is 23.4 Å². The van der Waals surface area contributed by atoms with Gasteiger partial charge in [0.05, 0.1) is 22.8 Å². The zero-order valence-electron chi connectivity index (χ0n) is 13.8. The summed E-state index contributed by atoms with van der Waals surface area (Å²) >= 11 is 0. The third-order valence-corrected chi connectivity index (χ3v) is 5.85. The smallest absolute Gasteiger partial charge is 0.255 e. The van der Waals surface area contributed by atoms with E-state index in [-0.39, 0.29) is 23.5 Å². The molecule has 2 heterocycles. The van der Waals surface area contributed by atoms with E-state index in [1.165, 1.54) is 0 Å². The van der Waals surface area contributed by atoms with Crippen LogP contribution in [0.15, 0.2) is 18.5 Å². The van der Waals surface area contributed by atoms with Crippen LogP contribution in [0.1, 0.15) is 43.5 Å². The molecule has 1 fully saturated rings. The molecule has 1 N–H and O–H groups in total. The fraction of sp³-hybridized carbons (Fsp3) is 0.625. The second kappa shape index (κ2) is 7.77. The highest BCUT2D eigenvalue weighted by molar-refractivity contribution is 7.91. The van der Waals surface area contributed by atoms with Gasteiger partial charge in [-0.3, -0.25) is 9.78 Å². The number of aromatic nitrogens is 1. The average Bonchev–Trinajstić information content (AvgIpc) is 2.88. The molecule has 1 atom stereocenters. The van der Waals surface area contributed by atoms with E-state index in [4.69, 9.17) is 0 Å². The minimum absolute atomic E-state index is 0.0639. The predicted octanol–water partition coefficient (Wildman–Crippen LogP) is 1.94. The summed E-state index contributed by atoms with van der Waals surface area (Å²) in [4.78, 5) is 18.5. The molecule has 2 rings (SSSR count). The van der Waals surface area contributed by atoms with E-state index in [0.29, 0.717) is 18.5 Å². The van der Waals surface area contributed by atoms with Crippen molar-refractivity contribution in [3.05, 3.63) is 24.0 Å². The minimum atomic E-state index is -3.01. The van der Waals surface area contributed by atoms with Crippen molar-refractivity contribution >= 4 is 21.4 Å². The van der Waals surface area contributed by atoms with E-state index in [1.807, 2.05) is 6.92 Å². The molecule has 0 aromatic carbocycles. The molecule has 6 nitrogen and oxygen atoms in total. The third-order valence-electron chi connectivity index (χ3n) is 4.10. The monoisotopic (exact) mass is 339 g/mol. The minimum Gasteiger partial charge on any atom is -0.384 e. The van der Waals surface area contributed by atoms with Gasteiger partial charge in [0.2, 0.25) is 0 Å². The van der Waals surface area contributed by atoms with Crippen molar-refractivity contribution in [1.82, 2.24) is 9.88 Å². The first kappa shape index (κ1) is 17.7. The molecule has 0 bridgehead atoms. The van der Waals surface area contributed by atoms with Gasteiger partial charge in [-0.2, -0.15) is 0 Å². The van der Waals surface area contributed by atoms with Crippen LogP contribution in [0.25, 0.3) is 0 Å². The van der Waals surface area contributed by atoms with Crippen molar-refractivity contribution in [2.45, 2.75) is 39.2 Å². The molecular weight excluding hydrogens is 314 g/mol. The molecule has 1 unspecified atom stereocenters. The number of nitrogens with one attached hydrogen (secondary N) is 1. The number of amides is 1. The van der Waals surface area contributed by atoms with Crippen molar-refractivity contribution in [3.63, 3.8) is 0 Å². The Hall–Kier alpha value is -1.63. The Balaban J connectivity index is 2.10. The number of rotatable bonds is 7. The van der Waals surface area contributed by atoms with E-state index in [0.717, 1.165) is 25.1 Å².